The first-order valence-corrected chi connectivity index (χ1v) is 6.20. The highest BCUT2D eigenvalue weighted by atomic mass is 35.5. The van der Waals surface area contributed by atoms with Crippen molar-refractivity contribution < 1.29 is 4.79 Å². The van der Waals surface area contributed by atoms with Gasteiger partial charge in [0.2, 0.25) is 5.91 Å². The van der Waals surface area contributed by atoms with Crippen molar-refractivity contribution in [1.82, 2.24) is 4.98 Å². The summed E-state index contributed by atoms with van der Waals surface area (Å²) in [6.07, 6.45) is 0. The van der Waals surface area contributed by atoms with Crippen LogP contribution in [-0.4, -0.2) is 16.3 Å². The van der Waals surface area contributed by atoms with Gasteiger partial charge in [-0.2, -0.15) is 0 Å². The van der Waals surface area contributed by atoms with E-state index >= 15 is 0 Å². The van der Waals surface area contributed by atoms with E-state index in [9.17, 15) is 4.79 Å². The molecule has 0 aliphatic carbocycles. The Labute approximate surface area is 106 Å². The van der Waals surface area contributed by atoms with E-state index in [2.05, 4.69) is 10.3 Å². The van der Waals surface area contributed by atoms with Crippen molar-refractivity contribution >= 4 is 55.8 Å². The SMILES string of the molecule is C[C@H](Cl)C(=O)Nc1nc2ccc(Cl)cc2s1. The molecule has 1 heterocycles. The fourth-order valence-electron chi connectivity index (χ4n) is 1.16. The lowest BCUT2D eigenvalue weighted by atomic mass is 10.3. The molecule has 2 aromatic rings. The van der Waals surface area contributed by atoms with E-state index in [0.29, 0.717) is 10.2 Å². The maximum absolute atomic E-state index is 11.4. The topological polar surface area (TPSA) is 42.0 Å². The highest BCUT2D eigenvalue weighted by Crippen LogP contribution is 2.28. The molecule has 16 heavy (non-hydrogen) atoms. The molecule has 2 rings (SSSR count). The van der Waals surface area contributed by atoms with Crippen molar-refractivity contribution in [3.05, 3.63) is 23.2 Å². The van der Waals surface area contributed by atoms with Crippen LogP contribution >= 0.6 is 34.5 Å². The summed E-state index contributed by atoms with van der Waals surface area (Å²) in [5.41, 5.74) is 0.812. The van der Waals surface area contributed by atoms with Crippen molar-refractivity contribution in [3.8, 4) is 0 Å². The summed E-state index contributed by atoms with van der Waals surface area (Å²) in [7, 11) is 0. The minimum atomic E-state index is -0.574. The van der Waals surface area contributed by atoms with Crippen LogP contribution in [-0.2, 0) is 4.79 Å². The first kappa shape index (κ1) is 11.6. The van der Waals surface area contributed by atoms with Crippen LogP contribution in [0.2, 0.25) is 5.02 Å². The second kappa shape index (κ2) is 4.57. The highest BCUT2D eigenvalue weighted by Gasteiger charge is 2.12. The zero-order valence-electron chi connectivity index (χ0n) is 8.33. The number of thiazole rings is 1. The van der Waals surface area contributed by atoms with Gasteiger partial charge in [0.15, 0.2) is 5.13 Å². The quantitative estimate of drug-likeness (QED) is 0.852. The number of nitrogens with one attached hydrogen (secondary N) is 1. The molecule has 0 unspecified atom stereocenters. The van der Waals surface area contributed by atoms with Gasteiger partial charge in [0, 0.05) is 5.02 Å². The van der Waals surface area contributed by atoms with Gasteiger partial charge in [-0.1, -0.05) is 22.9 Å². The first-order chi connectivity index (χ1) is 7.56. The lowest BCUT2D eigenvalue weighted by molar-refractivity contribution is -0.115. The molecule has 1 amide bonds. The third kappa shape index (κ3) is 2.45. The average Bonchev–Trinajstić information content (AvgIpc) is 2.58. The van der Waals surface area contributed by atoms with Gasteiger partial charge in [0.1, 0.15) is 5.38 Å². The number of carbonyl (C=O) groups excluding carboxylic acids is 1. The normalized spacial score (nSPS) is 12.7. The standard InChI is InChI=1S/C10H8Cl2N2OS/c1-5(11)9(15)14-10-13-7-3-2-6(12)4-8(7)16-10/h2-5H,1H3,(H,13,14,15)/t5-/m0/s1. The molecule has 1 atom stereocenters. The Balaban J connectivity index is 2.29. The van der Waals surface area contributed by atoms with Gasteiger partial charge in [-0.05, 0) is 25.1 Å². The van der Waals surface area contributed by atoms with E-state index in [0.717, 1.165) is 10.2 Å². The van der Waals surface area contributed by atoms with Gasteiger partial charge in [0.05, 0.1) is 10.2 Å². The molecule has 0 fully saturated rings. The molecule has 84 valence electrons. The zero-order chi connectivity index (χ0) is 11.7. The molecule has 0 radical (unpaired) electrons. The Hall–Kier alpha value is -0.840. The van der Waals surface area contributed by atoms with E-state index in [-0.39, 0.29) is 5.91 Å². The molecule has 0 saturated carbocycles. The van der Waals surface area contributed by atoms with Gasteiger partial charge >= 0.3 is 0 Å². The molecule has 1 aromatic heterocycles. The summed E-state index contributed by atoms with van der Waals surface area (Å²) in [6, 6.07) is 5.39. The summed E-state index contributed by atoms with van der Waals surface area (Å²) >= 11 is 12.9. The molecule has 1 N–H and O–H groups in total. The second-order valence-electron chi connectivity index (χ2n) is 3.24. The number of rotatable bonds is 2. The summed E-state index contributed by atoms with van der Waals surface area (Å²) in [4.78, 5) is 15.6. The third-order valence-corrected chi connectivity index (χ3v) is 3.31. The molecule has 0 spiro atoms. The van der Waals surface area contributed by atoms with Crippen LogP contribution in [0, 0.1) is 0 Å². The maximum Gasteiger partial charge on any atom is 0.243 e. The predicted molar refractivity (Wildman–Crippen MR) is 68.6 cm³/mol. The Morgan fingerprint density at radius 1 is 1.56 bits per heavy atom. The van der Waals surface area contributed by atoms with Crippen LogP contribution in [0.4, 0.5) is 5.13 Å². The molecular weight excluding hydrogens is 267 g/mol. The van der Waals surface area contributed by atoms with E-state index in [1.54, 1.807) is 13.0 Å². The van der Waals surface area contributed by atoms with Crippen molar-refractivity contribution in [2.75, 3.05) is 5.32 Å². The number of alkyl halides is 1. The Kier molecular flexibility index (Phi) is 3.33. The predicted octanol–water partition coefficient (Wildman–Crippen LogP) is 3.52. The van der Waals surface area contributed by atoms with Crippen LogP contribution in [0.15, 0.2) is 18.2 Å². The second-order valence-corrected chi connectivity index (χ2v) is 5.36. The van der Waals surface area contributed by atoms with Crippen LogP contribution < -0.4 is 5.32 Å². The number of hydrogen-bond donors (Lipinski definition) is 1. The highest BCUT2D eigenvalue weighted by molar-refractivity contribution is 7.22. The minimum Gasteiger partial charge on any atom is -0.301 e. The Morgan fingerprint density at radius 2 is 2.31 bits per heavy atom. The van der Waals surface area contributed by atoms with E-state index in [4.69, 9.17) is 23.2 Å². The van der Waals surface area contributed by atoms with Crippen molar-refractivity contribution in [1.29, 1.82) is 0 Å². The summed E-state index contributed by atoms with van der Waals surface area (Å²) in [5.74, 6) is -0.258. The molecule has 0 saturated heterocycles. The first-order valence-electron chi connectivity index (χ1n) is 4.57. The number of fused-ring (bicyclic) bond motifs is 1. The summed E-state index contributed by atoms with van der Waals surface area (Å²) < 4.78 is 0.935. The van der Waals surface area contributed by atoms with Crippen LogP contribution in [0.25, 0.3) is 10.2 Å². The van der Waals surface area contributed by atoms with Crippen LogP contribution in [0.3, 0.4) is 0 Å². The van der Waals surface area contributed by atoms with E-state index < -0.39 is 5.38 Å². The fourth-order valence-corrected chi connectivity index (χ4v) is 2.36. The fraction of sp³-hybridized carbons (Fsp3) is 0.200. The Bertz CT molecular complexity index is 539. The van der Waals surface area contributed by atoms with Crippen molar-refractivity contribution in [2.24, 2.45) is 0 Å². The minimum absolute atomic E-state index is 0.258. The van der Waals surface area contributed by atoms with E-state index in [1.807, 2.05) is 12.1 Å². The lowest BCUT2D eigenvalue weighted by Gasteiger charge is -2.01. The number of amides is 1. The van der Waals surface area contributed by atoms with Gasteiger partial charge in [-0.3, -0.25) is 4.79 Å². The number of nitrogens with zero attached hydrogens (tertiary/aromatic N) is 1. The lowest BCUT2D eigenvalue weighted by Crippen LogP contribution is -2.19. The molecular formula is C10H8Cl2N2OS. The average molecular weight is 275 g/mol. The number of aromatic nitrogens is 1. The molecule has 3 nitrogen and oxygen atoms in total. The van der Waals surface area contributed by atoms with Gasteiger partial charge in [-0.25, -0.2) is 4.98 Å². The zero-order valence-corrected chi connectivity index (χ0v) is 10.7. The smallest absolute Gasteiger partial charge is 0.243 e. The Morgan fingerprint density at radius 3 is 3.00 bits per heavy atom. The molecule has 0 aliphatic heterocycles. The number of benzene rings is 1. The van der Waals surface area contributed by atoms with Crippen LogP contribution in [0.5, 0.6) is 0 Å². The van der Waals surface area contributed by atoms with Gasteiger partial charge < -0.3 is 5.32 Å². The number of hydrogen-bond acceptors (Lipinski definition) is 3. The molecule has 1 aromatic carbocycles. The number of anilines is 1. The monoisotopic (exact) mass is 274 g/mol. The van der Waals surface area contributed by atoms with Crippen LogP contribution in [0.1, 0.15) is 6.92 Å². The van der Waals surface area contributed by atoms with Gasteiger partial charge in [-0.15, -0.1) is 11.6 Å². The van der Waals surface area contributed by atoms with Crippen molar-refractivity contribution in [2.45, 2.75) is 12.3 Å². The maximum atomic E-state index is 11.4. The number of halogens is 2. The van der Waals surface area contributed by atoms with Gasteiger partial charge in [0.25, 0.3) is 0 Å². The summed E-state index contributed by atoms with van der Waals surface area (Å²) in [6.45, 7) is 1.61. The van der Waals surface area contributed by atoms with E-state index in [1.165, 1.54) is 11.3 Å². The number of carbonyl (C=O) groups is 1. The van der Waals surface area contributed by atoms with Crippen molar-refractivity contribution in [3.63, 3.8) is 0 Å². The largest absolute Gasteiger partial charge is 0.301 e. The summed E-state index contributed by atoms with van der Waals surface area (Å²) in [5, 5.41) is 3.26. The molecule has 0 bridgehead atoms. The molecule has 0 aliphatic rings. The molecule has 6 heteroatoms. The third-order valence-electron chi connectivity index (χ3n) is 1.94.